The lowest BCUT2D eigenvalue weighted by atomic mass is 9.84. The Bertz CT molecular complexity index is 1090. The van der Waals surface area contributed by atoms with Crippen molar-refractivity contribution in [2.75, 3.05) is 13.7 Å². The van der Waals surface area contributed by atoms with Crippen LogP contribution in [0.2, 0.25) is 0 Å². The Hall–Kier alpha value is -3.42. The number of unbranched alkanes of at least 4 members (excludes halogenated alkanes) is 1. The molecule has 0 radical (unpaired) electrons. The molecule has 0 fully saturated rings. The molecule has 3 unspecified atom stereocenters. The van der Waals surface area contributed by atoms with Crippen molar-refractivity contribution < 1.29 is 28.6 Å². The molecule has 0 spiro atoms. The minimum absolute atomic E-state index is 0.0658. The first kappa shape index (κ1) is 28.8. The number of amides is 1. The van der Waals surface area contributed by atoms with Gasteiger partial charge in [-0.2, -0.15) is 4.99 Å². The van der Waals surface area contributed by atoms with Gasteiger partial charge in [-0.05, 0) is 55.7 Å². The van der Waals surface area contributed by atoms with Crippen LogP contribution in [0.15, 0.2) is 44.5 Å². The first-order chi connectivity index (χ1) is 17.2. The van der Waals surface area contributed by atoms with Crippen molar-refractivity contribution >= 4 is 18.1 Å². The Kier molecular flexibility index (Phi) is 11.4. The molecular formula is C28H37NO7. The van der Waals surface area contributed by atoms with Crippen molar-refractivity contribution in [2.45, 2.75) is 65.7 Å². The van der Waals surface area contributed by atoms with Gasteiger partial charge < -0.3 is 19.0 Å². The van der Waals surface area contributed by atoms with E-state index in [2.05, 4.69) is 16.7 Å². The van der Waals surface area contributed by atoms with Crippen LogP contribution in [-0.2, 0) is 11.2 Å². The molecule has 1 amide bonds. The normalized spacial score (nSPS) is 13.8. The number of benzene rings is 1. The molecule has 0 aliphatic rings. The molecule has 2 rings (SSSR count). The summed E-state index contributed by atoms with van der Waals surface area (Å²) in [6.45, 7) is 8.28. The fourth-order valence-corrected chi connectivity index (χ4v) is 3.79. The lowest BCUT2D eigenvalue weighted by molar-refractivity contribution is 0.0885. The van der Waals surface area contributed by atoms with E-state index in [1.54, 1.807) is 6.92 Å². The Balaban J connectivity index is 2.01. The van der Waals surface area contributed by atoms with Crippen LogP contribution in [0.1, 0.15) is 81.0 Å². The van der Waals surface area contributed by atoms with Gasteiger partial charge in [-0.1, -0.05) is 39.8 Å². The smallest absolute Gasteiger partial charge is 0.432 e. The van der Waals surface area contributed by atoms with Gasteiger partial charge in [0.25, 0.3) is 0 Å². The molecule has 1 heterocycles. The van der Waals surface area contributed by atoms with E-state index in [1.807, 2.05) is 38.1 Å². The van der Waals surface area contributed by atoms with Gasteiger partial charge in [-0.25, -0.2) is 9.59 Å². The van der Waals surface area contributed by atoms with Crippen molar-refractivity contribution in [1.82, 2.24) is 0 Å². The van der Waals surface area contributed by atoms with Crippen LogP contribution in [0.3, 0.4) is 0 Å². The quantitative estimate of drug-likeness (QED) is 0.206. The van der Waals surface area contributed by atoms with Crippen LogP contribution in [0.4, 0.5) is 4.79 Å². The van der Waals surface area contributed by atoms with Gasteiger partial charge in [0.05, 0.1) is 13.7 Å². The van der Waals surface area contributed by atoms with Crippen LogP contribution in [0.5, 0.6) is 11.5 Å². The number of ether oxygens (including phenoxy) is 2. The number of rotatable bonds is 13. The first-order valence-electron chi connectivity index (χ1n) is 12.4. The van der Waals surface area contributed by atoms with Gasteiger partial charge in [-0.3, -0.25) is 4.79 Å². The fraction of sp³-hybridized carbons (Fsp3) is 0.500. The highest BCUT2D eigenvalue weighted by Gasteiger charge is 2.28. The van der Waals surface area contributed by atoms with E-state index in [-0.39, 0.29) is 23.1 Å². The summed E-state index contributed by atoms with van der Waals surface area (Å²) in [6, 6.07) is 9.13. The van der Waals surface area contributed by atoms with E-state index in [4.69, 9.17) is 9.15 Å². The average molecular weight is 500 g/mol. The van der Waals surface area contributed by atoms with E-state index in [0.29, 0.717) is 38.1 Å². The molecular weight excluding hydrogens is 462 g/mol. The molecule has 8 nitrogen and oxygen atoms in total. The van der Waals surface area contributed by atoms with Crippen LogP contribution < -0.4 is 10.4 Å². The number of hydrogen-bond acceptors (Lipinski definition) is 7. The van der Waals surface area contributed by atoms with E-state index in [1.165, 1.54) is 19.4 Å². The molecule has 0 saturated carbocycles. The maximum atomic E-state index is 13.1. The zero-order chi connectivity index (χ0) is 26.7. The molecule has 0 saturated heterocycles. The minimum atomic E-state index is -0.828. The molecule has 0 bridgehead atoms. The summed E-state index contributed by atoms with van der Waals surface area (Å²) < 4.78 is 15.5. The third-order valence-electron chi connectivity index (χ3n) is 6.24. The number of aliphatic imine (C=N–C) groups is 1. The topological polar surface area (TPSA) is 115 Å². The summed E-state index contributed by atoms with van der Waals surface area (Å²) in [4.78, 5) is 40.4. The zero-order valence-electron chi connectivity index (χ0n) is 21.8. The maximum absolute atomic E-state index is 13.1. The number of ketones is 1. The third kappa shape index (κ3) is 8.36. The highest BCUT2D eigenvalue weighted by molar-refractivity contribution is 5.99. The first-order valence-corrected chi connectivity index (χ1v) is 12.4. The van der Waals surface area contributed by atoms with Gasteiger partial charge in [0.1, 0.15) is 22.8 Å². The summed E-state index contributed by atoms with van der Waals surface area (Å²) in [6.07, 6.45) is 4.28. The predicted molar refractivity (Wildman–Crippen MR) is 138 cm³/mol. The van der Waals surface area contributed by atoms with Crippen LogP contribution in [0.25, 0.3) is 0 Å². The lowest BCUT2D eigenvalue weighted by Gasteiger charge is -2.19. The van der Waals surface area contributed by atoms with Crippen molar-refractivity contribution in [2.24, 2.45) is 16.8 Å². The molecule has 36 heavy (non-hydrogen) atoms. The number of aromatic hydroxyl groups is 1. The SMILES string of the molecule is CCCOc1ccc(CC(C)C(C)C(=O)c2c(O)cc(C(C)CCCC=NC(=O)OC)oc2=O)cc1. The molecule has 1 aromatic carbocycles. The average Bonchev–Trinajstić information content (AvgIpc) is 2.86. The summed E-state index contributed by atoms with van der Waals surface area (Å²) in [5.74, 6) is -0.402. The molecule has 0 aliphatic carbocycles. The Morgan fingerprint density at radius 3 is 2.47 bits per heavy atom. The summed E-state index contributed by atoms with van der Waals surface area (Å²) in [5.41, 5.74) is -0.0764. The Morgan fingerprint density at radius 2 is 1.86 bits per heavy atom. The lowest BCUT2D eigenvalue weighted by Crippen LogP contribution is -2.26. The van der Waals surface area contributed by atoms with E-state index in [0.717, 1.165) is 17.7 Å². The number of carbonyl (C=O) groups is 2. The molecule has 8 heteroatoms. The predicted octanol–water partition coefficient (Wildman–Crippen LogP) is 5.94. The number of nitrogens with zero attached hydrogens (tertiary/aromatic N) is 1. The Labute approximate surface area is 212 Å². The number of Topliss-reactive ketones (excluding diaryl/α,β-unsaturated/α-hetero) is 1. The molecule has 3 atom stereocenters. The summed E-state index contributed by atoms with van der Waals surface area (Å²) >= 11 is 0. The zero-order valence-corrected chi connectivity index (χ0v) is 21.8. The molecule has 1 aromatic heterocycles. The molecule has 2 aromatic rings. The minimum Gasteiger partial charge on any atom is -0.507 e. The fourth-order valence-electron chi connectivity index (χ4n) is 3.79. The van der Waals surface area contributed by atoms with Gasteiger partial charge in [0, 0.05) is 24.1 Å². The largest absolute Gasteiger partial charge is 0.507 e. The molecule has 0 aliphatic heterocycles. The van der Waals surface area contributed by atoms with E-state index < -0.39 is 23.4 Å². The van der Waals surface area contributed by atoms with Crippen LogP contribution in [-0.4, -0.2) is 36.9 Å². The highest BCUT2D eigenvalue weighted by atomic mass is 16.5. The second-order valence-electron chi connectivity index (χ2n) is 9.14. The Morgan fingerprint density at radius 1 is 1.17 bits per heavy atom. The molecule has 196 valence electrons. The van der Waals surface area contributed by atoms with Crippen molar-refractivity contribution in [1.29, 1.82) is 0 Å². The van der Waals surface area contributed by atoms with Crippen molar-refractivity contribution in [3.8, 4) is 11.5 Å². The number of carbonyl (C=O) groups excluding carboxylic acids is 2. The standard InChI is InChI=1S/C28H37NO7/c1-6-15-35-22-12-10-21(11-13-22)16-19(3)20(4)26(31)25-23(30)17-24(36-27(25)32)18(2)9-7-8-14-29-28(33)34-5/h10-14,17-20,30H,6-9,15-16H2,1-5H3. The van der Waals surface area contributed by atoms with Gasteiger partial charge in [0.15, 0.2) is 5.78 Å². The van der Waals surface area contributed by atoms with Crippen LogP contribution >= 0.6 is 0 Å². The molecule has 1 N–H and O–H groups in total. The number of hydrogen-bond donors (Lipinski definition) is 1. The maximum Gasteiger partial charge on any atom is 0.432 e. The second-order valence-corrected chi connectivity index (χ2v) is 9.14. The second kappa shape index (κ2) is 14.2. The number of methoxy groups -OCH3 is 1. The monoisotopic (exact) mass is 499 g/mol. The van der Waals surface area contributed by atoms with Gasteiger partial charge in [-0.15, -0.1) is 0 Å². The van der Waals surface area contributed by atoms with E-state index >= 15 is 0 Å². The van der Waals surface area contributed by atoms with Crippen LogP contribution in [0, 0.1) is 11.8 Å². The highest BCUT2D eigenvalue weighted by Crippen LogP contribution is 2.28. The van der Waals surface area contributed by atoms with Gasteiger partial charge >= 0.3 is 11.7 Å². The van der Waals surface area contributed by atoms with Gasteiger partial charge in [0.2, 0.25) is 0 Å². The summed E-state index contributed by atoms with van der Waals surface area (Å²) in [5, 5.41) is 10.5. The third-order valence-corrected chi connectivity index (χ3v) is 6.24. The van der Waals surface area contributed by atoms with E-state index in [9.17, 15) is 19.5 Å². The summed E-state index contributed by atoms with van der Waals surface area (Å²) in [7, 11) is 1.26. The van der Waals surface area contributed by atoms with Crippen molar-refractivity contribution in [3.63, 3.8) is 0 Å². The van der Waals surface area contributed by atoms with Crippen molar-refractivity contribution in [3.05, 3.63) is 57.6 Å².